The minimum absolute atomic E-state index is 0.0461. The summed E-state index contributed by atoms with van der Waals surface area (Å²) in [6, 6.07) is 2.12. The standard InChI is InChI=1S/C13H18N2O5/c1-2-14(8-10-4-3-5-20-10)13(19)15-7-9(16)6-11(15)12(17)18/h3-5,9,11,16H,2,6-8H2,1H3,(H,17,18)/t9-,11-/m0/s1. The number of nitrogens with zero attached hydrogens (tertiary/aromatic N) is 2. The molecule has 2 heterocycles. The Balaban J connectivity index is 2.09. The Bertz CT molecular complexity index is 473. The third kappa shape index (κ3) is 2.93. The molecule has 2 atom stereocenters. The number of carboxylic acids is 1. The predicted octanol–water partition coefficient (Wildman–Crippen LogP) is 0.741. The highest BCUT2D eigenvalue weighted by Gasteiger charge is 2.40. The number of furan rings is 1. The first kappa shape index (κ1) is 14.4. The number of carbonyl (C=O) groups is 2. The molecule has 7 heteroatoms. The zero-order valence-corrected chi connectivity index (χ0v) is 11.2. The van der Waals surface area contributed by atoms with Gasteiger partial charge in [0.15, 0.2) is 0 Å². The third-order valence-corrected chi connectivity index (χ3v) is 3.39. The predicted molar refractivity (Wildman–Crippen MR) is 68.9 cm³/mol. The fourth-order valence-electron chi connectivity index (χ4n) is 2.35. The molecule has 0 bridgehead atoms. The van der Waals surface area contributed by atoms with Gasteiger partial charge in [0, 0.05) is 19.5 Å². The molecule has 0 saturated carbocycles. The van der Waals surface area contributed by atoms with E-state index in [-0.39, 0.29) is 19.5 Å². The molecule has 1 aliphatic heterocycles. The lowest BCUT2D eigenvalue weighted by molar-refractivity contribution is -0.141. The van der Waals surface area contributed by atoms with E-state index in [0.717, 1.165) is 0 Å². The SMILES string of the molecule is CCN(Cc1ccco1)C(=O)N1C[C@@H](O)C[C@H]1C(=O)O. The number of likely N-dealkylation sites (tertiary alicyclic amines) is 1. The number of β-amino-alcohol motifs (C(OH)–C–C–N with tert-alkyl or cyclic N) is 1. The first-order chi connectivity index (χ1) is 9.52. The van der Waals surface area contributed by atoms with Crippen molar-refractivity contribution in [1.29, 1.82) is 0 Å². The fraction of sp³-hybridized carbons (Fsp3) is 0.538. The van der Waals surface area contributed by atoms with E-state index < -0.39 is 24.1 Å². The number of aliphatic hydroxyl groups excluding tert-OH is 1. The Morgan fingerprint density at radius 1 is 1.55 bits per heavy atom. The van der Waals surface area contributed by atoms with Gasteiger partial charge in [-0.3, -0.25) is 0 Å². The molecule has 0 aliphatic carbocycles. The smallest absolute Gasteiger partial charge is 0.326 e. The molecule has 1 aliphatic rings. The molecule has 0 unspecified atom stereocenters. The summed E-state index contributed by atoms with van der Waals surface area (Å²) in [4.78, 5) is 26.2. The second-order valence-electron chi connectivity index (χ2n) is 4.77. The Kier molecular flexibility index (Phi) is 4.29. The van der Waals surface area contributed by atoms with Gasteiger partial charge in [-0.25, -0.2) is 9.59 Å². The van der Waals surface area contributed by atoms with Crippen molar-refractivity contribution in [3.63, 3.8) is 0 Å². The van der Waals surface area contributed by atoms with Crippen molar-refractivity contribution in [1.82, 2.24) is 9.80 Å². The number of carboxylic acid groups (broad SMARTS) is 1. The molecule has 1 aromatic heterocycles. The van der Waals surface area contributed by atoms with Crippen molar-refractivity contribution < 1.29 is 24.2 Å². The summed E-state index contributed by atoms with van der Waals surface area (Å²) in [5, 5.41) is 18.7. The number of carbonyl (C=O) groups excluding carboxylic acids is 1. The van der Waals surface area contributed by atoms with Crippen LogP contribution in [0.15, 0.2) is 22.8 Å². The van der Waals surface area contributed by atoms with Crippen molar-refractivity contribution in [3.8, 4) is 0 Å². The van der Waals surface area contributed by atoms with E-state index in [1.54, 1.807) is 12.1 Å². The van der Waals surface area contributed by atoms with Crippen LogP contribution in [0, 0.1) is 0 Å². The van der Waals surface area contributed by atoms with Crippen molar-refractivity contribution >= 4 is 12.0 Å². The summed E-state index contributed by atoms with van der Waals surface area (Å²) < 4.78 is 5.20. The monoisotopic (exact) mass is 282 g/mol. The summed E-state index contributed by atoms with van der Waals surface area (Å²) in [5.74, 6) is -0.462. The molecule has 2 N–H and O–H groups in total. The van der Waals surface area contributed by atoms with Crippen LogP contribution < -0.4 is 0 Å². The Morgan fingerprint density at radius 3 is 2.85 bits per heavy atom. The zero-order valence-electron chi connectivity index (χ0n) is 11.2. The molecule has 1 fully saturated rings. The van der Waals surface area contributed by atoms with Crippen molar-refractivity contribution in [3.05, 3.63) is 24.2 Å². The van der Waals surface area contributed by atoms with E-state index in [1.165, 1.54) is 16.1 Å². The van der Waals surface area contributed by atoms with Crippen LogP contribution in [-0.2, 0) is 11.3 Å². The number of aliphatic hydroxyl groups is 1. The maximum Gasteiger partial charge on any atom is 0.326 e. The molecule has 0 spiro atoms. The molecule has 20 heavy (non-hydrogen) atoms. The Labute approximate surface area is 116 Å². The van der Waals surface area contributed by atoms with E-state index in [9.17, 15) is 14.7 Å². The van der Waals surface area contributed by atoms with Crippen molar-refractivity contribution in [2.24, 2.45) is 0 Å². The van der Waals surface area contributed by atoms with Gasteiger partial charge in [-0.1, -0.05) is 0 Å². The highest BCUT2D eigenvalue weighted by atomic mass is 16.4. The van der Waals surface area contributed by atoms with Gasteiger partial charge < -0.3 is 24.4 Å². The second kappa shape index (κ2) is 5.96. The van der Waals surface area contributed by atoms with Crippen LogP contribution in [0.2, 0.25) is 0 Å². The number of hydrogen-bond acceptors (Lipinski definition) is 4. The van der Waals surface area contributed by atoms with Crippen LogP contribution in [0.3, 0.4) is 0 Å². The van der Waals surface area contributed by atoms with Gasteiger partial charge in [0.25, 0.3) is 0 Å². The molecular weight excluding hydrogens is 264 g/mol. The summed E-state index contributed by atoms with van der Waals surface area (Å²) in [6.07, 6.45) is 0.800. The summed E-state index contributed by atoms with van der Waals surface area (Å²) in [7, 11) is 0. The summed E-state index contributed by atoms with van der Waals surface area (Å²) in [6.45, 7) is 2.56. The average molecular weight is 282 g/mol. The molecule has 2 amide bonds. The number of hydrogen-bond donors (Lipinski definition) is 2. The van der Waals surface area contributed by atoms with Gasteiger partial charge in [0.05, 0.1) is 18.9 Å². The van der Waals surface area contributed by atoms with Crippen LogP contribution in [0.5, 0.6) is 0 Å². The molecule has 7 nitrogen and oxygen atoms in total. The van der Waals surface area contributed by atoms with Crippen molar-refractivity contribution in [2.45, 2.75) is 32.0 Å². The average Bonchev–Trinajstić information content (AvgIpc) is 3.04. The lowest BCUT2D eigenvalue weighted by Crippen LogP contribution is -2.47. The molecular formula is C13H18N2O5. The molecule has 1 saturated heterocycles. The van der Waals surface area contributed by atoms with Gasteiger partial charge >= 0.3 is 12.0 Å². The van der Waals surface area contributed by atoms with Crippen LogP contribution in [-0.4, -0.2) is 57.2 Å². The quantitative estimate of drug-likeness (QED) is 0.849. The molecule has 1 aromatic rings. The van der Waals surface area contributed by atoms with Gasteiger partial charge in [0.2, 0.25) is 0 Å². The van der Waals surface area contributed by atoms with E-state index in [1.807, 2.05) is 6.92 Å². The lowest BCUT2D eigenvalue weighted by Gasteiger charge is -2.28. The zero-order chi connectivity index (χ0) is 14.7. The van der Waals surface area contributed by atoms with E-state index >= 15 is 0 Å². The number of amides is 2. The normalized spacial score (nSPS) is 22.0. The van der Waals surface area contributed by atoms with Gasteiger partial charge in [-0.2, -0.15) is 0 Å². The van der Waals surface area contributed by atoms with Gasteiger partial charge in [0.1, 0.15) is 11.8 Å². The maximum atomic E-state index is 12.4. The Hall–Kier alpha value is -2.02. The van der Waals surface area contributed by atoms with Crippen LogP contribution >= 0.6 is 0 Å². The van der Waals surface area contributed by atoms with E-state index in [2.05, 4.69) is 0 Å². The molecule has 0 aromatic carbocycles. The van der Waals surface area contributed by atoms with Gasteiger partial charge in [-0.15, -0.1) is 0 Å². The fourth-order valence-corrected chi connectivity index (χ4v) is 2.35. The van der Waals surface area contributed by atoms with Crippen LogP contribution in [0.4, 0.5) is 4.79 Å². The number of urea groups is 1. The molecule has 2 rings (SSSR count). The topological polar surface area (TPSA) is 94.2 Å². The largest absolute Gasteiger partial charge is 0.480 e. The first-order valence-corrected chi connectivity index (χ1v) is 6.51. The summed E-state index contributed by atoms with van der Waals surface area (Å²) >= 11 is 0. The maximum absolute atomic E-state index is 12.4. The van der Waals surface area contributed by atoms with Gasteiger partial charge in [-0.05, 0) is 19.1 Å². The van der Waals surface area contributed by atoms with E-state index in [4.69, 9.17) is 9.52 Å². The summed E-state index contributed by atoms with van der Waals surface area (Å²) in [5.41, 5.74) is 0. The highest BCUT2D eigenvalue weighted by Crippen LogP contribution is 2.21. The van der Waals surface area contributed by atoms with E-state index in [0.29, 0.717) is 12.3 Å². The minimum Gasteiger partial charge on any atom is -0.480 e. The highest BCUT2D eigenvalue weighted by molar-refractivity contribution is 5.83. The third-order valence-electron chi connectivity index (χ3n) is 3.39. The Morgan fingerprint density at radius 2 is 2.30 bits per heavy atom. The number of rotatable bonds is 4. The minimum atomic E-state index is -1.09. The lowest BCUT2D eigenvalue weighted by atomic mass is 10.2. The molecule has 110 valence electrons. The van der Waals surface area contributed by atoms with Crippen molar-refractivity contribution in [2.75, 3.05) is 13.1 Å². The number of aliphatic carboxylic acids is 1. The molecule has 0 radical (unpaired) electrons. The van der Waals surface area contributed by atoms with Crippen LogP contribution in [0.1, 0.15) is 19.1 Å². The second-order valence-corrected chi connectivity index (χ2v) is 4.77. The van der Waals surface area contributed by atoms with Crippen LogP contribution in [0.25, 0.3) is 0 Å². The first-order valence-electron chi connectivity index (χ1n) is 6.51.